The monoisotopic (exact) mass is 174 g/mol. The van der Waals surface area contributed by atoms with E-state index < -0.39 is 17.5 Å². The highest BCUT2D eigenvalue weighted by Crippen LogP contribution is 2.29. The van der Waals surface area contributed by atoms with Crippen LogP contribution in [0.2, 0.25) is 0 Å². The Kier molecular flexibility index (Phi) is 2.71. The number of hydrogen-bond acceptors (Lipinski definition) is 1. The second kappa shape index (κ2) is 2.78. The first kappa shape index (κ1) is 9.75. The first-order chi connectivity index (χ1) is 4.27. The van der Waals surface area contributed by atoms with E-state index in [9.17, 15) is 18.0 Å². The average molecular weight is 175 g/mol. The molecule has 0 aliphatic carbocycles. The van der Waals surface area contributed by atoms with Gasteiger partial charge >= 0.3 is 6.18 Å². The van der Waals surface area contributed by atoms with Gasteiger partial charge in [-0.25, -0.2) is 0 Å². The molecule has 0 fully saturated rings. The third kappa shape index (κ3) is 4.61. The maximum absolute atomic E-state index is 11.5. The standard InChI is InChI=1S/C5H6ClF3O/c1-4(6,3-10)2-5(7,8)9/h3H,2H2,1H3. The van der Waals surface area contributed by atoms with E-state index in [2.05, 4.69) is 0 Å². The van der Waals surface area contributed by atoms with Gasteiger partial charge in [0, 0.05) is 0 Å². The molecule has 0 amide bonds. The summed E-state index contributed by atoms with van der Waals surface area (Å²) in [6.07, 6.45) is -5.58. The van der Waals surface area contributed by atoms with Crippen LogP contribution in [0.3, 0.4) is 0 Å². The molecule has 1 atom stereocenters. The van der Waals surface area contributed by atoms with Crippen LogP contribution in [0, 0.1) is 0 Å². The van der Waals surface area contributed by atoms with E-state index >= 15 is 0 Å². The summed E-state index contributed by atoms with van der Waals surface area (Å²) in [6, 6.07) is 0. The lowest BCUT2D eigenvalue weighted by atomic mass is 10.1. The zero-order valence-electron chi connectivity index (χ0n) is 5.20. The van der Waals surface area contributed by atoms with E-state index in [1.807, 2.05) is 0 Å². The molecule has 1 nitrogen and oxygen atoms in total. The van der Waals surface area contributed by atoms with Crippen molar-refractivity contribution >= 4 is 17.9 Å². The Hall–Kier alpha value is -0.250. The van der Waals surface area contributed by atoms with E-state index in [0.717, 1.165) is 6.92 Å². The number of carbonyl (C=O) groups is 1. The minimum atomic E-state index is -4.38. The van der Waals surface area contributed by atoms with Crippen LogP contribution >= 0.6 is 11.6 Å². The summed E-state index contributed by atoms with van der Waals surface area (Å²) in [5.74, 6) is 0. The minimum Gasteiger partial charge on any atom is -0.301 e. The molecule has 5 heteroatoms. The van der Waals surface area contributed by atoms with Crippen LogP contribution in [0.15, 0.2) is 0 Å². The highest BCUT2D eigenvalue weighted by Gasteiger charge is 2.37. The third-order valence-electron chi connectivity index (χ3n) is 0.792. The minimum absolute atomic E-state index is 0.0854. The van der Waals surface area contributed by atoms with Gasteiger partial charge in [-0.1, -0.05) is 0 Å². The first-order valence-electron chi connectivity index (χ1n) is 2.49. The lowest BCUT2D eigenvalue weighted by Crippen LogP contribution is -2.27. The molecule has 0 aromatic heterocycles. The number of rotatable bonds is 2. The Balaban J connectivity index is 4.01. The largest absolute Gasteiger partial charge is 0.391 e. The van der Waals surface area contributed by atoms with Gasteiger partial charge in [-0.3, -0.25) is 0 Å². The van der Waals surface area contributed by atoms with Crippen molar-refractivity contribution in [2.75, 3.05) is 0 Å². The molecular weight excluding hydrogens is 169 g/mol. The lowest BCUT2D eigenvalue weighted by Gasteiger charge is -2.15. The summed E-state index contributed by atoms with van der Waals surface area (Å²) in [5.41, 5.74) is 0. The predicted octanol–water partition coefficient (Wildman–Crippen LogP) is 2.14. The number of aldehydes is 1. The molecule has 0 aliphatic heterocycles. The molecule has 0 aromatic rings. The van der Waals surface area contributed by atoms with Crippen LogP contribution in [-0.2, 0) is 4.79 Å². The van der Waals surface area contributed by atoms with E-state index in [4.69, 9.17) is 11.6 Å². The van der Waals surface area contributed by atoms with Crippen LogP contribution in [0.4, 0.5) is 13.2 Å². The molecule has 0 aromatic carbocycles. The molecular formula is C5H6ClF3O. The van der Waals surface area contributed by atoms with Crippen molar-refractivity contribution in [3.8, 4) is 0 Å². The van der Waals surface area contributed by atoms with Crippen molar-refractivity contribution in [1.82, 2.24) is 0 Å². The Morgan fingerprint density at radius 2 is 1.90 bits per heavy atom. The first-order valence-corrected chi connectivity index (χ1v) is 2.87. The normalized spacial score (nSPS) is 18.1. The Bertz CT molecular complexity index is 129. The summed E-state index contributed by atoms with van der Waals surface area (Å²) >= 11 is 5.12. The van der Waals surface area contributed by atoms with E-state index in [1.54, 1.807) is 0 Å². The van der Waals surface area contributed by atoms with Crippen LogP contribution in [0.5, 0.6) is 0 Å². The highest BCUT2D eigenvalue weighted by molar-refractivity contribution is 6.31. The van der Waals surface area contributed by atoms with Crippen molar-refractivity contribution in [3.05, 3.63) is 0 Å². The molecule has 0 bridgehead atoms. The number of alkyl halides is 4. The van der Waals surface area contributed by atoms with Crippen molar-refractivity contribution in [2.24, 2.45) is 0 Å². The average Bonchev–Trinajstić information content (AvgIpc) is 1.60. The van der Waals surface area contributed by atoms with Crippen molar-refractivity contribution < 1.29 is 18.0 Å². The van der Waals surface area contributed by atoms with Gasteiger partial charge in [0.05, 0.1) is 6.42 Å². The molecule has 0 rings (SSSR count). The summed E-state index contributed by atoms with van der Waals surface area (Å²) in [4.78, 5) is 8.07. The SMILES string of the molecule is CC(Cl)(C=O)CC(F)(F)F. The van der Waals surface area contributed by atoms with Gasteiger partial charge in [-0.2, -0.15) is 13.2 Å². The molecule has 0 spiro atoms. The Labute approximate surface area is 61.2 Å². The molecule has 1 unspecified atom stereocenters. The molecule has 0 radical (unpaired) electrons. The molecule has 0 N–H and O–H groups in total. The van der Waals surface area contributed by atoms with Crippen molar-refractivity contribution in [1.29, 1.82) is 0 Å². The Morgan fingerprint density at radius 3 is 2.00 bits per heavy atom. The zero-order chi connectivity index (χ0) is 8.41. The van der Waals surface area contributed by atoms with Gasteiger partial charge in [0.2, 0.25) is 0 Å². The fraction of sp³-hybridized carbons (Fsp3) is 0.800. The number of hydrogen-bond donors (Lipinski definition) is 0. The van der Waals surface area contributed by atoms with Gasteiger partial charge in [0.25, 0.3) is 0 Å². The maximum Gasteiger partial charge on any atom is 0.391 e. The summed E-state index contributed by atoms with van der Waals surface area (Å²) in [5, 5.41) is 0. The fourth-order valence-corrected chi connectivity index (χ4v) is 0.585. The van der Waals surface area contributed by atoms with Crippen LogP contribution in [0.25, 0.3) is 0 Å². The molecule has 0 aliphatic rings. The topological polar surface area (TPSA) is 17.1 Å². The van der Waals surface area contributed by atoms with Crippen molar-refractivity contribution in [2.45, 2.75) is 24.4 Å². The number of carbonyl (C=O) groups excluding carboxylic acids is 1. The molecule has 0 saturated carbocycles. The second-order valence-electron chi connectivity index (χ2n) is 2.19. The molecule has 10 heavy (non-hydrogen) atoms. The highest BCUT2D eigenvalue weighted by atomic mass is 35.5. The summed E-state index contributed by atoms with van der Waals surface area (Å²) in [7, 11) is 0. The predicted molar refractivity (Wildman–Crippen MR) is 31.0 cm³/mol. The Morgan fingerprint density at radius 1 is 1.50 bits per heavy atom. The van der Waals surface area contributed by atoms with Crippen LogP contribution in [0.1, 0.15) is 13.3 Å². The quantitative estimate of drug-likeness (QED) is 0.463. The zero-order valence-corrected chi connectivity index (χ0v) is 5.96. The van der Waals surface area contributed by atoms with Gasteiger partial charge in [-0.15, -0.1) is 11.6 Å². The maximum atomic E-state index is 11.5. The number of halogens is 4. The van der Waals surface area contributed by atoms with Crippen LogP contribution < -0.4 is 0 Å². The second-order valence-corrected chi connectivity index (χ2v) is 3.05. The molecule has 0 heterocycles. The van der Waals surface area contributed by atoms with Gasteiger partial charge in [0.15, 0.2) is 0 Å². The fourth-order valence-electron chi connectivity index (χ4n) is 0.434. The molecule has 0 saturated heterocycles. The van der Waals surface area contributed by atoms with Gasteiger partial charge < -0.3 is 4.79 Å². The lowest BCUT2D eigenvalue weighted by molar-refractivity contribution is -0.144. The van der Waals surface area contributed by atoms with E-state index in [0.29, 0.717) is 0 Å². The van der Waals surface area contributed by atoms with Crippen LogP contribution in [-0.4, -0.2) is 17.3 Å². The van der Waals surface area contributed by atoms with E-state index in [1.165, 1.54) is 0 Å². The summed E-state index contributed by atoms with van der Waals surface area (Å²) in [6.45, 7) is 1.02. The third-order valence-corrected chi connectivity index (χ3v) is 1.01. The molecule has 60 valence electrons. The smallest absolute Gasteiger partial charge is 0.301 e. The summed E-state index contributed by atoms with van der Waals surface area (Å²) < 4.78 is 34.5. The van der Waals surface area contributed by atoms with E-state index in [-0.39, 0.29) is 6.29 Å². The van der Waals surface area contributed by atoms with Crippen molar-refractivity contribution in [3.63, 3.8) is 0 Å². The van der Waals surface area contributed by atoms with Gasteiger partial charge in [0.1, 0.15) is 11.2 Å². The van der Waals surface area contributed by atoms with Gasteiger partial charge in [-0.05, 0) is 6.92 Å².